The van der Waals surface area contributed by atoms with E-state index < -0.39 is 71.2 Å². The van der Waals surface area contributed by atoms with Gasteiger partial charge in [0, 0.05) is 42.0 Å². The Kier molecular flexibility index (Phi) is 20.3. The lowest BCUT2D eigenvalue weighted by molar-refractivity contribution is -0.156. The number of aliphatic hydroxyl groups excluding tert-OH is 5. The van der Waals surface area contributed by atoms with E-state index in [2.05, 4.69) is 16.9 Å². The second-order valence-corrected chi connectivity index (χ2v) is 24.5. The summed E-state index contributed by atoms with van der Waals surface area (Å²) in [6.45, 7) is 21.8. The lowest BCUT2D eigenvalue weighted by Gasteiger charge is -2.34. The molecule has 0 aliphatic carbocycles. The summed E-state index contributed by atoms with van der Waals surface area (Å²) in [5, 5.41) is 57.9. The van der Waals surface area contributed by atoms with Crippen LogP contribution in [0.3, 0.4) is 0 Å². The average Bonchev–Trinajstić information content (AvgIpc) is 3.92. The van der Waals surface area contributed by atoms with Crippen LogP contribution < -0.4 is 5.73 Å². The van der Waals surface area contributed by atoms with E-state index in [4.69, 9.17) is 24.7 Å². The second-order valence-electron chi connectivity index (χ2n) is 22.6. The van der Waals surface area contributed by atoms with Crippen molar-refractivity contribution >= 4 is 58.3 Å². The molecule has 6 heterocycles. The quantitative estimate of drug-likeness (QED) is 0.123. The lowest BCUT2D eigenvalue weighted by atomic mass is 9.73. The van der Waals surface area contributed by atoms with Crippen LogP contribution in [-0.4, -0.2) is 119 Å². The van der Waals surface area contributed by atoms with Crippen molar-refractivity contribution in [2.45, 2.75) is 220 Å². The predicted octanol–water partition coefficient (Wildman–Crippen LogP) is 7.29. The van der Waals surface area contributed by atoms with Gasteiger partial charge in [-0.3, -0.25) is 19.2 Å². The molecule has 2 unspecified atom stereocenters. The fourth-order valence-electron chi connectivity index (χ4n) is 10.2. The largest absolute Gasteiger partial charge is 0.458 e. The highest BCUT2D eigenvalue weighted by Gasteiger charge is 2.54. The van der Waals surface area contributed by atoms with Gasteiger partial charge < -0.3 is 50.2 Å². The van der Waals surface area contributed by atoms with E-state index in [1.165, 1.54) is 22.7 Å². The smallest absolute Gasteiger partial charge is 0.309 e. The number of nitrogens with two attached hydrogens (primary N) is 1. The first kappa shape index (κ1) is 59.6. The van der Waals surface area contributed by atoms with Crippen LogP contribution in [0.4, 0.5) is 0 Å². The van der Waals surface area contributed by atoms with Crippen molar-refractivity contribution in [3.63, 3.8) is 0 Å². The molecule has 2 aromatic rings. The zero-order chi connectivity index (χ0) is 53.7. The molecule has 404 valence electrons. The normalized spacial score (nSPS) is 36.8. The number of rotatable bonds is 6. The molecular formula is C54H83N3O13S2. The first-order valence-corrected chi connectivity index (χ1v) is 27.4. The average molecular weight is 1050 g/mol. The van der Waals surface area contributed by atoms with E-state index in [9.17, 15) is 44.7 Å². The Labute approximate surface area is 434 Å². The minimum Gasteiger partial charge on any atom is -0.458 e. The summed E-state index contributed by atoms with van der Waals surface area (Å²) >= 11 is 2.83. The van der Waals surface area contributed by atoms with Gasteiger partial charge in [-0.25, -0.2) is 9.97 Å². The van der Waals surface area contributed by atoms with Gasteiger partial charge in [0.15, 0.2) is 0 Å². The van der Waals surface area contributed by atoms with Crippen LogP contribution in [0, 0.1) is 34.5 Å². The summed E-state index contributed by atoms with van der Waals surface area (Å²) in [6.07, 6.45) is 3.40. The molecule has 0 saturated carbocycles. The summed E-state index contributed by atoms with van der Waals surface area (Å²) in [5.41, 5.74) is 5.64. The number of thiazole rings is 2. The first-order valence-electron chi connectivity index (χ1n) is 25.7. The van der Waals surface area contributed by atoms with Crippen LogP contribution >= 0.6 is 22.7 Å². The summed E-state index contributed by atoms with van der Waals surface area (Å²) < 4.78 is 23.8. The zero-order valence-electron chi connectivity index (χ0n) is 44.5. The van der Waals surface area contributed by atoms with E-state index in [-0.39, 0.29) is 66.3 Å². The zero-order valence-corrected chi connectivity index (χ0v) is 46.1. The van der Waals surface area contributed by atoms with Gasteiger partial charge in [-0.1, -0.05) is 68.2 Å². The van der Waals surface area contributed by atoms with Crippen LogP contribution in [0.5, 0.6) is 0 Å². The lowest BCUT2D eigenvalue weighted by Crippen LogP contribution is -2.45. The fraction of sp³-hybridized carbons (Fsp3) is 0.741. The number of fused-ring (bicyclic) bond motifs is 2. The van der Waals surface area contributed by atoms with Crippen molar-refractivity contribution in [1.29, 1.82) is 0 Å². The van der Waals surface area contributed by atoms with Gasteiger partial charge in [0.2, 0.25) is 0 Å². The first-order chi connectivity index (χ1) is 33.6. The number of nitrogens with zero attached hydrogens (tertiary/aromatic N) is 2. The Morgan fingerprint density at radius 3 is 1.39 bits per heavy atom. The number of hydrogen-bond donors (Lipinski definition) is 6. The van der Waals surface area contributed by atoms with Gasteiger partial charge >= 0.3 is 11.9 Å². The van der Waals surface area contributed by atoms with E-state index in [1.54, 1.807) is 41.5 Å². The molecular weight excluding hydrogens is 963 g/mol. The maximum Gasteiger partial charge on any atom is 0.309 e. The van der Waals surface area contributed by atoms with Crippen LogP contribution in [0.15, 0.2) is 21.9 Å². The third kappa shape index (κ3) is 15.0. The molecule has 6 rings (SSSR count). The maximum atomic E-state index is 13.2. The van der Waals surface area contributed by atoms with Crippen molar-refractivity contribution in [3.8, 4) is 0 Å². The monoisotopic (exact) mass is 1050 g/mol. The number of aliphatic hydroxyl groups is 5. The molecule has 16 nitrogen and oxygen atoms in total. The third-order valence-electron chi connectivity index (χ3n) is 16.0. The van der Waals surface area contributed by atoms with Gasteiger partial charge in [0.1, 0.15) is 33.8 Å². The Balaban J connectivity index is 0.000000267. The topological polar surface area (TPSA) is 265 Å². The molecule has 0 radical (unpaired) electrons. The van der Waals surface area contributed by atoms with Crippen molar-refractivity contribution in [2.24, 2.45) is 40.2 Å². The van der Waals surface area contributed by atoms with Crippen LogP contribution in [0.1, 0.15) is 169 Å². The van der Waals surface area contributed by atoms with E-state index in [0.717, 1.165) is 60.4 Å². The molecule has 0 aromatic carbocycles. The molecule has 2 aromatic heterocycles. The van der Waals surface area contributed by atoms with Crippen molar-refractivity contribution in [2.75, 3.05) is 0 Å². The van der Waals surface area contributed by atoms with E-state index >= 15 is 0 Å². The molecule has 4 fully saturated rings. The van der Waals surface area contributed by atoms with E-state index in [1.807, 2.05) is 57.5 Å². The molecule has 14 atom stereocenters. The molecule has 0 bridgehead atoms. The summed E-state index contributed by atoms with van der Waals surface area (Å²) in [4.78, 5) is 61.2. The predicted molar refractivity (Wildman–Crippen MR) is 276 cm³/mol. The van der Waals surface area contributed by atoms with Gasteiger partial charge in [-0.2, -0.15) is 0 Å². The Morgan fingerprint density at radius 1 is 0.667 bits per heavy atom. The van der Waals surface area contributed by atoms with Crippen LogP contribution in [-0.2, 0) is 51.3 Å². The van der Waals surface area contributed by atoms with Crippen LogP contribution in [0.2, 0.25) is 0 Å². The third-order valence-corrected chi connectivity index (χ3v) is 17.8. The van der Waals surface area contributed by atoms with E-state index in [0.29, 0.717) is 30.1 Å². The number of aromatic nitrogens is 2. The standard InChI is InChI=1S/C27H42N2O6S.C27H41NO7S/c1-15-8-7-9-27(6)21(35-27)11-19(16(2)10-18-14-36-22(13-28)29-18)34-23(31)12-20(30)26(4,5)25(33)17(3)24(15)32;1-15-8-7-9-27(6)21(35-27)11-19(16(2)10-18-14-36-22(13-29)28-18)34-23(31)12-20(30)26(4,5)25(33)17(3)24(15)32/h10,14-15,17,19-21,24,30,32H,7-9,11-13,28H2,1-6H3;10,14-15,17,19-21,24,29-30,32H,7-9,11-13H2,1-6H3/b2*16-10+/t2*15-,17+,19-,20-,21?,24-,27+/m00/s1. The highest BCUT2D eigenvalue weighted by molar-refractivity contribution is 7.10. The number of carbonyl (C=O) groups is 4. The number of hydrogen-bond acceptors (Lipinski definition) is 18. The maximum absolute atomic E-state index is 13.2. The van der Waals surface area contributed by atoms with Gasteiger partial charge in [-0.15, -0.1) is 22.7 Å². The highest BCUT2D eigenvalue weighted by atomic mass is 32.1. The number of Topliss-reactive ketones (excluding diaryl/α,β-unsaturated/α-hetero) is 2. The van der Waals surface area contributed by atoms with Gasteiger partial charge in [0.05, 0.1) is 89.5 Å². The number of esters is 2. The highest BCUT2D eigenvalue weighted by Crippen LogP contribution is 2.47. The Morgan fingerprint density at radius 2 is 1.04 bits per heavy atom. The Hall–Kier alpha value is -3.30. The van der Waals surface area contributed by atoms with Crippen molar-refractivity contribution in [1.82, 2.24) is 9.97 Å². The number of cyclic esters (lactones) is 2. The van der Waals surface area contributed by atoms with Crippen molar-refractivity contribution in [3.05, 3.63) is 43.3 Å². The molecule has 4 aliphatic rings. The SMILES string of the molecule is C/C(=C\c1csc(CN)n1)[C@@H]1CC2O[C@]2(C)CCC[C@H](C)[C@H](O)[C@@H](C)C(=O)C(C)(C)[C@@H](O)CC(=O)O1.C/C(=C\c1csc(CO)n1)[C@@H]1CC2O[C@]2(C)CCC[C@H](C)[C@H](O)[C@@H](C)C(=O)C(C)(C)[C@@H](O)CC(=O)O1. The van der Waals surface area contributed by atoms with Crippen molar-refractivity contribution < 1.29 is 63.7 Å². The van der Waals surface area contributed by atoms with Crippen LogP contribution in [0.25, 0.3) is 12.2 Å². The fourth-order valence-corrected chi connectivity index (χ4v) is 11.4. The number of ketones is 2. The summed E-state index contributed by atoms with van der Waals surface area (Å²) in [6, 6.07) is 0. The molecule has 0 spiro atoms. The molecule has 18 heteroatoms. The summed E-state index contributed by atoms with van der Waals surface area (Å²) in [7, 11) is 0. The minimum absolute atomic E-state index is 0.0660. The summed E-state index contributed by atoms with van der Waals surface area (Å²) in [5.74, 6) is -3.23. The molecule has 72 heavy (non-hydrogen) atoms. The number of carbonyl (C=O) groups excluding carboxylic acids is 4. The molecule has 4 saturated heterocycles. The van der Waals surface area contributed by atoms with Gasteiger partial charge in [0.25, 0.3) is 0 Å². The minimum atomic E-state index is -1.26. The molecule has 4 aliphatic heterocycles. The molecule has 0 amide bonds. The van der Waals surface area contributed by atoms with Gasteiger partial charge in [-0.05, 0) is 88.5 Å². The second kappa shape index (κ2) is 24.6. The Bertz CT molecular complexity index is 2100. The molecule has 7 N–H and O–H groups in total. The number of epoxide rings is 2. The number of ether oxygens (including phenoxy) is 4.